The molecule has 2 atom stereocenters. The first-order chi connectivity index (χ1) is 16.0. The van der Waals surface area contributed by atoms with Crippen LogP contribution in [0.3, 0.4) is 0 Å². The van der Waals surface area contributed by atoms with E-state index in [0.29, 0.717) is 6.04 Å². The van der Waals surface area contributed by atoms with Crippen molar-refractivity contribution in [1.82, 2.24) is 20.2 Å². The molecule has 1 amide bonds. The van der Waals surface area contributed by atoms with Gasteiger partial charge in [0.2, 0.25) is 5.91 Å². The lowest BCUT2D eigenvalue weighted by atomic mass is 9.95. The second-order valence-corrected chi connectivity index (χ2v) is 10.7. The molecule has 6 nitrogen and oxygen atoms in total. The molecule has 0 radical (unpaired) electrons. The summed E-state index contributed by atoms with van der Waals surface area (Å²) in [7, 11) is 0. The molecular formula is C26H33N5OS. The van der Waals surface area contributed by atoms with Crippen LogP contribution in [0.1, 0.15) is 48.2 Å². The molecule has 5 rings (SSSR count). The maximum atomic E-state index is 13.0. The number of amides is 1. The zero-order valence-corrected chi connectivity index (χ0v) is 20.6. The number of carbonyl (C=O) groups excluding carboxylic acids is 1. The largest absolute Gasteiger partial charge is 0.356 e. The van der Waals surface area contributed by atoms with Gasteiger partial charge in [-0.05, 0) is 51.2 Å². The van der Waals surface area contributed by atoms with Crippen molar-refractivity contribution in [3.63, 3.8) is 0 Å². The SMILES string of the molecule is Cc1sc2ncnc(N3CCC(C(=O)NC4CCN(C(C)c5ccccc5)C4)CC3)c2c1C. The van der Waals surface area contributed by atoms with Gasteiger partial charge in [0.25, 0.3) is 0 Å². The van der Waals surface area contributed by atoms with Gasteiger partial charge in [-0.25, -0.2) is 9.97 Å². The number of thiophene rings is 1. The number of hydrogen-bond donors (Lipinski definition) is 1. The molecule has 3 aromatic rings. The lowest BCUT2D eigenvalue weighted by Crippen LogP contribution is -2.45. The number of anilines is 1. The Kier molecular flexibility index (Phi) is 6.34. The number of likely N-dealkylation sites (tertiary alicyclic amines) is 1. The van der Waals surface area contributed by atoms with Crippen LogP contribution in [0, 0.1) is 19.8 Å². The van der Waals surface area contributed by atoms with Gasteiger partial charge < -0.3 is 10.2 Å². The van der Waals surface area contributed by atoms with E-state index in [4.69, 9.17) is 0 Å². The third-order valence-electron chi connectivity index (χ3n) is 7.51. The lowest BCUT2D eigenvalue weighted by molar-refractivity contribution is -0.126. The zero-order chi connectivity index (χ0) is 22.9. The molecule has 2 saturated heterocycles. The Morgan fingerprint density at radius 1 is 1.09 bits per heavy atom. The fourth-order valence-electron chi connectivity index (χ4n) is 5.28. The van der Waals surface area contributed by atoms with Crippen molar-refractivity contribution in [3.8, 4) is 0 Å². The summed E-state index contributed by atoms with van der Waals surface area (Å²) in [6.45, 7) is 10.2. The van der Waals surface area contributed by atoms with Crippen molar-refractivity contribution < 1.29 is 4.79 Å². The van der Waals surface area contributed by atoms with Crippen LogP contribution in [0.15, 0.2) is 36.7 Å². The summed E-state index contributed by atoms with van der Waals surface area (Å²) in [6.07, 6.45) is 4.44. The average Bonchev–Trinajstić information content (AvgIpc) is 3.43. The Bertz CT molecular complexity index is 1120. The van der Waals surface area contributed by atoms with Crippen molar-refractivity contribution in [2.45, 2.75) is 52.1 Å². The Morgan fingerprint density at radius 2 is 1.85 bits per heavy atom. The van der Waals surface area contributed by atoms with Crippen LogP contribution in [0.4, 0.5) is 5.82 Å². The van der Waals surface area contributed by atoms with E-state index in [1.807, 2.05) is 0 Å². The van der Waals surface area contributed by atoms with E-state index >= 15 is 0 Å². The summed E-state index contributed by atoms with van der Waals surface area (Å²) >= 11 is 1.73. The molecule has 2 fully saturated rings. The van der Waals surface area contributed by atoms with Crippen molar-refractivity contribution >= 4 is 33.3 Å². The van der Waals surface area contributed by atoms with Gasteiger partial charge in [-0.15, -0.1) is 11.3 Å². The standard InChI is InChI=1S/C26H33N5OS/c1-17-19(3)33-26-23(17)24(27-16-28-26)30-12-9-21(10-13-30)25(32)29-22-11-14-31(15-22)18(2)20-7-5-4-6-8-20/h4-8,16,18,21-22H,9-15H2,1-3H3,(H,29,32). The number of aromatic nitrogens is 2. The Labute approximate surface area is 200 Å². The summed E-state index contributed by atoms with van der Waals surface area (Å²) in [6, 6.07) is 11.3. The van der Waals surface area contributed by atoms with Crippen LogP contribution in [0.5, 0.6) is 0 Å². The lowest BCUT2D eigenvalue weighted by Gasteiger charge is -2.33. The highest BCUT2D eigenvalue weighted by atomic mass is 32.1. The first-order valence-electron chi connectivity index (χ1n) is 12.1. The van der Waals surface area contributed by atoms with Gasteiger partial charge in [-0.2, -0.15) is 0 Å². The van der Waals surface area contributed by atoms with E-state index in [1.165, 1.54) is 21.4 Å². The third kappa shape index (κ3) is 4.49. The van der Waals surface area contributed by atoms with E-state index in [9.17, 15) is 4.79 Å². The minimum atomic E-state index is 0.0875. The van der Waals surface area contributed by atoms with Crippen molar-refractivity contribution in [2.24, 2.45) is 5.92 Å². The van der Waals surface area contributed by atoms with Gasteiger partial charge in [-0.1, -0.05) is 30.3 Å². The normalized spacial score (nSPS) is 20.9. The van der Waals surface area contributed by atoms with Crippen LogP contribution < -0.4 is 10.2 Å². The molecule has 0 saturated carbocycles. The number of benzene rings is 1. The Morgan fingerprint density at radius 3 is 2.61 bits per heavy atom. The van der Waals surface area contributed by atoms with E-state index < -0.39 is 0 Å². The molecule has 0 aliphatic carbocycles. The van der Waals surface area contributed by atoms with Crippen LogP contribution in [-0.2, 0) is 4.79 Å². The molecule has 0 spiro atoms. The minimum absolute atomic E-state index is 0.0875. The molecule has 2 aliphatic heterocycles. The van der Waals surface area contributed by atoms with Gasteiger partial charge in [0.05, 0.1) is 5.39 Å². The third-order valence-corrected chi connectivity index (χ3v) is 8.62. The Hall–Kier alpha value is -2.51. The smallest absolute Gasteiger partial charge is 0.223 e. The number of rotatable bonds is 5. The predicted octanol–water partition coefficient (Wildman–Crippen LogP) is 4.48. The highest BCUT2D eigenvalue weighted by molar-refractivity contribution is 7.18. The highest BCUT2D eigenvalue weighted by Crippen LogP contribution is 2.35. The number of nitrogens with one attached hydrogen (secondary N) is 1. The van der Waals surface area contributed by atoms with E-state index in [1.54, 1.807) is 17.7 Å². The molecular weight excluding hydrogens is 430 g/mol. The van der Waals surface area contributed by atoms with Gasteiger partial charge in [0.1, 0.15) is 17.0 Å². The number of aryl methyl sites for hydroxylation is 2. The second kappa shape index (κ2) is 9.39. The quantitative estimate of drug-likeness (QED) is 0.605. The number of nitrogens with zero attached hydrogens (tertiary/aromatic N) is 4. The monoisotopic (exact) mass is 463 g/mol. The molecule has 7 heteroatoms. The maximum Gasteiger partial charge on any atom is 0.223 e. The average molecular weight is 464 g/mol. The molecule has 4 heterocycles. The summed E-state index contributed by atoms with van der Waals surface area (Å²) in [5, 5.41) is 4.54. The van der Waals surface area contributed by atoms with Crippen molar-refractivity contribution in [3.05, 3.63) is 52.7 Å². The number of carbonyl (C=O) groups is 1. The molecule has 1 N–H and O–H groups in total. The fraction of sp³-hybridized carbons (Fsp3) is 0.500. The topological polar surface area (TPSA) is 61.4 Å². The molecule has 33 heavy (non-hydrogen) atoms. The predicted molar refractivity (Wildman–Crippen MR) is 135 cm³/mol. The van der Waals surface area contributed by atoms with Gasteiger partial charge in [0, 0.05) is 49.1 Å². The fourth-order valence-corrected chi connectivity index (χ4v) is 6.27. The minimum Gasteiger partial charge on any atom is -0.356 e. The molecule has 2 aromatic heterocycles. The highest BCUT2D eigenvalue weighted by Gasteiger charge is 2.32. The van der Waals surface area contributed by atoms with Crippen molar-refractivity contribution in [1.29, 1.82) is 0 Å². The summed E-state index contributed by atoms with van der Waals surface area (Å²) < 4.78 is 0. The van der Waals surface area contributed by atoms with Crippen LogP contribution >= 0.6 is 11.3 Å². The van der Waals surface area contributed by atoms with Crippen LogP contribution in [0.2, 0.25) is 0 Å². The molecule has 1 aromatic carbocycles. The summed E-state index contributed by atoms with van der Waals surface area (Å²) in [4.78, 5) is 29.3. The summed E-state index contributed by atoms with van der Waals surface area (Å²) in [5.41, 5.74) is 2.62. The molecule has 2 aliphatic rings. The molecule has 2 unspecified atom stereocenters. The Balaban J connectivity index is 1.16. The molecule has 0 bridgehead atoms. The maximum absolute atomic E-state index is 13.0. The number of fused-ring (bicyclic) bond motifs is 1. The van der Waals surface area contributed by atoms with Gasteiger partial charge >= 0.3 is 0 Å². The number of piperidine rings is 1. The van der Waals surface area contributed by atoms with Crippen LogP contribution in [0.25, 0.3) is 10.2 Å². The molecule has 174 valence electrons. The van der Waals surface area contributed by atoms with Crippen molar-refractivity contribution in [2.75, 3.05) is 31.1 Å². The first-order valence-corrected chi connectivity index (χ1v) is 12.9. The van der Waals surface area contributed by atoms with Gasteiger partial charge in [-0.3, -0.25) is 9.69 Å². The number of hydrogen-bond acceptors (Lipinski definition) is 6. The first kappa shape index (κ1) is 22.3. The van der Waals surface area contributed by atoms with Crippen LogP contribution in [-0.4, -0.2) is 53.0 Å². The van der Waals surface area contributed by atoms with E-state index in [2.05, 4.69) is 76.2 Å². The second-order valence-electron chi connectivity index (χ2n) is 9.50. The summed E-state index contributed by atoms with van der Waals surface area (Å²) in [5.74, 6) is 1.34. The van der Waals surface area contributed by atoms with Gasteiger partial charge in [0.15, 0.2) is 0 Å². The zero-order valence-electron chi connectivity index (χ0n) is 19.8. The van der Waals surface area contributed by atoms with E-state index in [-0.39, 0.29) is 17.9 Å². The van der Waals surface area contributed by atoms with E-state index in [0.717, 1.165) is 56.1 Å².